The Morgan fingerprint density at radius 3 is 2.30 bits per heavy atom. The van der Waals surface area contributed by atoms with Crippen LogP contribution in [0.3, 0.4) is 0 Å². The van der Waals surface area contributed by atoms with Gasteiger partial charge in [-0.05, 0) is 95.0 Å². The largest absolute Gasteiger partial charge is 0.494 e. The highest BCUT2D eigenvalue weighted by Crippen LogP contribution is 2.29. The fourth-order valence-corrected chi connectivity index (χ4v) is 4.14. The van der Waals surface area contributed by atoms with Crippen LogP contribution in [0.25, 0.3) is 0 Å². The molecule has 40 heavy (non-hydrogen) atoms. The van der Waals surface area contributed by atoms with Crippen LogP contribution in [0.1, 0.15) is 62.9 Å². The third kappa shape index (κ3) is 8.86. The lowest BCUT2D eigenvalue weighted by molar-refractivity contribution is 0.0643. The maximum atomic E-state index is 13.0. The highest BCUT2D eigenvalue weighted by Gasteiger charge is 2.22. The molecule has 0 bridgehead atoms. The number of imidazole rings is 1. The van der Waals surface area contributed by atoms with Crippen molar-refractivity contribution in [1.29, 1.82) is 0 Å². The molecule has 10 nitrogen and oxygen atoms in total. The van der Waals surface area contributed by atoms with E-state index in [1.807, 2.05) is 56.9 Å². The summed E-state index contributed by atoms with van der Waals surface area (Å²) in [5.41, 5.74) is 3.85. The van der Waals surface area contributed by atoms with Gasteiger partial charge in [-0.15, -0.1) is 0 Å². The maximum absolute atomic E-state index is 13.0. The Balaban J connectivity index is 1.35. The van der Waals surface area contributed by atoms with Crippen molar-refractivity contribution in [3.8, 4) is 17.2 Å². The predicted molar refractivity (Wildman–Crippen MR) is 154 cm³/mol. The second-order valence-electron chi connectivity index (χ2n) is 9.74. The summed E-state index contributed by atoms with van der Waals surface area (Å²) in [5, 5.41) is 3.94. The number of hydrazone groups is 1. The van der Waals surface area contributed by atoms with Crippen LogP contribution in [0.2, 0.25) is 0 Å². The van der Waals surface area contributed by atoms with Crippen molar-refractivity contribution in [3.05, 3.63) is 72.3 Å². The van der Waals surface area contributed by atoms with Crippen molar-refractivity contribution in [3.63, 3.8) is 0 Å². The van der Waals surface area contributed by atoms with Crippen LogP contribution in [0.4, 0.5) is 4.79 Å². The molecule has 10 heteroatoms. The normalized spacial score (nSPS) is 11.2. The third-order valence-corrected chi connectivity index (χ3v) is 6.07. The van der Waals surface area contributed by atoms with Crippen LogP contribution < -0.4 is 19.6 Å². The van der Waals surface area contributed by atoms with Crippen molar-refractivity contribution in [2.45, 2.75) is 59.0 Å². The van der Waals surface area contributed by atoms with Gasteiger partial charge in [-0.2, -0.15) is 5.10 Å². The Hall–Kier alpha value is -4.34. The molecule has 1 aromatic heterocycles. The average Bonchev–Trinajstić information content (AvgIpc) is 3.48. The number of benzene rings is 2. The van der Waals surface area contributed by atoms with Crippen molar-refractivity contribution in [2.24, 2.45) is 5.10 Å². The first kappa shape index (κ1) is 30.2. The molecular formula is C30H39N5O5. The van der Waals surface area contributed by atoms with Gasteiger partial charge in [-0.3, -0.25) is 9.36 Å². The maximum Gasteiger partial charge on any atom is 0.347 e. The second-order valence-corrected chi connectivity index (χ2v) is 9.74. The highest BCUT2D eigenvalue weighted by atomic mass is 16.5. The number of carbonyl (C=O) groups is 2. The van der Waals surface area contributed by atoms with Gasteiger partial charge in [0, 0.05) is 30.0 Å². The minimum absolute atomic E-state index is 0.0206. The molecule has 3 rings (SSSR count). The summed E-state index contributed by atoms with van der Waals surface area (Å²) in [6, 6.07) is 12.6. The van der Waals surface area contributed by atoms with Gasteiger partial charge in [0.15, 0.2) is 11.5 Å². The molecule has 2 amide bonds. The molecule has 0 radical (unpaired) electrons. The zero-order valence-electron chi connectivity index (χ0n) is 23.9. The first-order valence-corrected chi connectivity index (χ1v) is 13.5. The summed E-state index contributed by atoms with van der Waals surface area (Å²) < 4.78 is 18.5. The topological polar surface area (TPSA) is 107 Å². The fraction of sp³-hybridized carbons (Fsp3) is 0.400. The van der Waals surface area contributed by atoms with E-state index in [0.717, 1.165) is 30.6 Å². The van der Waals surface area contributed by atoms with E-state index >= 15 is 0 Å². The van der Waals surface area contributed by atoms with Crippen LogP contribution in [0.15, 0.2) is 66.3 Å². The van der Waals surface area contributed by atoms with Crippen molar-refractivity contribution in [1.82, 2.24) is 19.9 Å². The number of hydrogen-bond acceptors (Lipinski definition) is 7. The van der Waals surface area contributed by atoms with Gasteiger partial charge in [0.1, 0.15) is 12.1 Å². The SMILES string of the molecule is COc1cc(C(=O)N(C(C)C)C(C)C)ccc1OCCCCCOc1ccc(C=NNC(=O)n2ccnc2)cc1. The number of nitrogens with one attached hydrogen (secondary N) is 1. The van der Waals surface area contributed by atoms with Gasteiger partial charge < -0.3 is 19.1 Å². The Labute approximate surface area is 235 Å². The molecule has 0 saturated heterocycles. The molecule has 0 aliphatic carbocycles. The lowest BCUT2D eigenvalue weighted by Gasteiger charge is -2.31. The van der Waals surface area contributed by atoms with Crippen LogP contribution in [-0.2, 0) is 0 Å². The van der Waals surface area contributed by atoms with Gasteiger partial charge in [0.2, 0.25) is 0 Å². The summed E-state index contributed by atoms with van der Waals surface area (Å²) in [4.78, 5) is 30.5. The minimum atomic E-state index is -0.386. The monoisotopic (exact) mass is 549 g/mol. The van der Waals surface area contributed by atoms with Crippen LogP contribution >= 0.6 is 0 Å². The number of hydrogen-bond donors (Lipinski definition) is 1. The number of ether oxygens (including phenoxy) is 3. The van der Waals surface area contributed by atoms with Crippen LogP contribution in [0.5, 0.6) is 17.2 Å². The number of amides is 2. The van der Waals surface area contributed by atoms with Gasteiger partial charge in [-0.25, -0.2) is 15.2 Å². The average molecular weight is 550 g/mol. The Morgan fingerprint density at radius 2 is 1.68 bits per heavy atom. The molecule has 0 unspecified atom stereocenters. The van der Waals surface area contributed by atoms with Crippen LogP contribution in [-0.4, -0.2) is 65.0 Å². The molecule has 0 atom stereocenters. The second kappa shape index (κ2) is 15.3. The summed E-state index contributed by atoms with van der Waals surface area (Å²) >= 11 is 0. The molecular weight excluding hydrogens is 510 g/mol. The zero-order chi connectivity index (χ0) is 28.9. The molecule has 1 heterocycles. The number of unbranched alkanes of at least 4 members (excludes halogenated alkanes) is 2. The van der Waals surface area contributed by atoms with E-state index in [0.29, 0.717) is 30.3 Å². The first-order chi connectivity index (χ1) is 19.3. The molecule has 214 valence electrons. The highest BCUT2D eigenvalue weighted by molar-refractivity contribution is 5.95. The fourth-order valence-electron chi connectivity index (χ4n) is 4.14. The van der Waals surface area contributed by atoms with E-state index in [-0.39, 0.29) is 24.0 Å². The summed E-state index contributed by atoms with van der Waals surface area (Å²) in [7, 11) is 1.58. The number of nitrogens with zero attached hydrogens (tertiary/aromatic N) is 4. The van der Waals surface area contributed by atoms with Crippen LogP contribution in [0, 0.1) is 0 Å². The molecule has 0 aliphatic rings. The van der Waals surface area contributed by atoms with E-state index in [1.165, 1.54) is 17.1 Å². The van der Waals surface area contributed by atoms with E-state index in [2.05, 4.69) is 15.5 Å². The quantitative estimate of drug-likeness (QED) is 0.165. The predicted octanol–water partition coefficient (Wildman–Crippen LogP) is 5.37. The molecule has 1 N–H and O–H groups in total. The first-order valence-electron chi connectivity index (χ1n) is 13.5. The number of rotatable bonds is 14. The van der Waals surface area contributed by atoms with Gasteiger partial charge in [0.25, 0.3) is 5.91 Å². The van der Waals surface area contributed by atoms with Crippen molar-refractivity contribution < 1.29 is 23.8 Å². The molecule has 2 aromatic carbocycles. The van der Waals surface area contributed by atoms with Gasteiger partial charge in [0.05, 0.1) is 26.5 Å². The molecule has 0 fully saturated rings. The summed E-state index contributed by atoms with van der Waals surface area (Å²) in [5.74, 6) is 1.92. The van der Waals surface area contributed by atoms with Crippen molar-refractivity contribution >= 4 is 18.2 Å². The van der Waals surface area contributed by atoms with E-state index in [9.17, 15) is 9.59 Å². The number of methoxy groups -OCH3 is 1. The molecule has 0 saturated carbocycles. The third-order valence-electron chi connectivity index (χ3n) is 6.07. The van der Waals surface area contributed by atoms with Crippen molar-refractivity contribution in [2.75, 3.05) is 20.3 Å². The lowest BCUT2D eigenvalue weighted by atomic mass is 10.1. The Kier molecular flexibility index (Phi) is 11.6. The Bertz CT molecular complexity index is 1230. The smallest absolute Gasteiger partial charge is 0.347 e. The Morgan fingerprint density at radius 1 is 0.975 bits per heavy atom. The van der Waals surface area contributed by atoms with E-state index < -0.39 is 0 Å². The summed E-state index contributed by atoms with van der Waals surface area (Å²) in [6.45, 7) is 9.19. The minimum Gasteiger partial charge on any atom is -0.494 e. The number of aromatic nitrogens is 2. The van der Waals surface area contributed by atoms with Gasteiger partial charge >= 0.3 is 6.03 Å². The van der Waals surface area contributed by atoms with E-state index in [1.54, 1.807) is 37.7 Å². The summed E-state index contributed by atoms with van der Waals surface area (Å²) in [6.07, 6.45) is 8.71. The molecule has 0 aliphatic heterocycles. The zero-order valence-corrected chi connectivity index (χ0v) is 23.9. The molecule has 3 aromatic rings. The van der Waals surface area contributed by atoms with Gasteiger partial charge in [-0.1, -0.05) is 0 Å². The van der Waals surface area contributed by atoms with E-state index in [4.69, 9.17) is 14.2 Å². The standard InChI is InChI=1S/C30H39N5O5/c1-22(2)35(23(3)4)29(36)25-11-14-27(28(19-25)38-5)40-18-8-6-7-17-39-26-12-9-24(10-13-26)20-32-33-30(37)34-16-15-31-21-34/h9-16,19-23H,6-8,17-18H2,1-5H3,(H,33,37). The molecule has 0 spiro atoms. The lowest BCUT2D eigenvalue weighted by Crippen LogP contribution is -2.42. The number of carbonyl (C=O) groups excluding carboxylic acids is 2.